The Labute approximate surface area is 175 Å². The van der Waals surface area contributed by atoms with Crippen molar-refractivity contribution in [3.05, 3.63) is 70.1 Å². The number of nitrogens with two attached hydrogens (primary N) is 1. The third-order valence-corrected chi connectivity index (χ3v) is 5.09. The van der Waals surface area contributed by atoms with Gasteiger partial charge >= 0.3 is 5.97 Å². The van der Waals surface area contributed by atoms with E-state index in [2.05, 4.69) is 6.58 Å². The molecule has 2 aromatic carbocycles. The van der Waals surface area contributed by atoms with E-state index in [1.165, 1.54) is 19.1 Å². The molecule has 162 valence electrons. The molecule has 0 amide bonds. The van der Waals surface area contributed by atoms with Crippen molar-refractivity contribution in [3.8, 4) is 11.1 Å². The summed E-state index contributed by atoms with van der Waals surface area (Å²) in [6.07, 6.45) is -0.157. The van der Waals surface area contributed by atoms with Gasteiger partial charge in [0.15, 0.2) is 0 Å². The summed E-state index contributed by atoms with van der Waals surface area (Å²) in [6.45, 7) is 11.6. The summed E-state index contributed by atoms with van der Waals surface area (Å²) < 4.78 is 48.5. The number of hydrogen-bond acceptors (Lipinski definition) is 3. The van der Waals surface area contributed by atoms with Crippen molar-refractivity contribution < 1.29 is 22.7 Å². The number of esters is 1. The lowest BCUT2D eigenvalue weighted by Crippen LogP contribution is -2.19. The van der Waals surface area contributed by atoms with E-state index in [9.17, 15) is 18.0 Å². The average Bonchev–Trinajstić information content (AvgIpc) is 2.63. The Morgan fingerprint density at radius 3 is 2.20 bits per heavy atom. The Kier molecular flexibility index (Phi) is 7.14. The molecule has 0 aliphatic rings. The van der Waals surface area contributed by atoms with Gasteiger partial charge in [0.1, 0.15) is 5.82 Å². The fourth-order valence-corrected chi connectivity index (χ4v) is 3.57. The minimum absolute atomic E-state index is 0.133. The lowest BCUT2D eigenvalue weighted by molar-refractivity contribution is -0.143. The molecule has 0 saturated carbocycles. The van der Waals surface area contributed by atoms with E-state index in [0.717, 1.165) is 5.56 Å². The number of rotatable bonds is 7. The number of carbonyl (C=O) groups is 1. The van der Waals surface area contributed by atoms with E-state index >= 15 is 0 Å². The highest BCUT2D eigenvalue weighted by Crippen LogP contribution is 2.39. The number of allylic oxidation sites excluding steroid dienone is 1. The van der Waals surface area contributed by atoms with Crippen molar-refractivity contribution in [1.29, 1.82) is 0 Å². The van der Waals surface area contributed by atoms with Gasteiger partial charge in [-0.3, -0.25) is 4.79 Å². The van der Waals surface area contributed by atoms with Gasteiger partial charge in [-0.25, -0.2) is 4.39 Å². The van der Waals surface area contributed by atoms with Crippen molar-refractivity contribution in [2.45, 2.75) is 53.0 Å². The number of aryl methyl sites for hydroxylation is 3. The van der Waals surface area contributed by atoms with Crippen molar-refractivity contribution in [1.82, 2.24) is 0 Å². The highest BCUT2D eigenvalue weighted by Gasteiger charge is 2.33. The molecular weight excluding hydrogens is 391 g/mol. The Hall–Kier alpha value is -2.60. The molecule has 0 radical (unpaired) electrons. The van der Waals surface area contributed by atoms with E-state index in [4.69, 9.17) is 10.5 Å². The van der Waals surface area contributed by atoms with E-state index in [1.807, 2.05) is 0 Å². The number of carbonyl (C=O) groups excluding carboxylic acids is 1. The molecule has 6 heteroatoms. The zero-order chi connectivity index (χ0) is 22.8. The van der Waals surface area contributed by atoms with Crippen LogP contribution in [0.2, 0.25) is 0 Å². The largest absolute Gasteiger partial charge is 0.466 e. The van der Waals surface area contributed by atoms with Crippen LogP contribution in [0.15, 0.2) is 36.4 Å². The predicted octanol–water partition coefficient (Wildman–Crippen LogP) is 6.04. The number of alkyl halides is 2. The van der Waals surface area contributed by atoms with Gasteiger partial charge in [0.25, 0.3) is 5.92 Å². The molecule has 0 saturated heterocycles. The van der Waals surface area contributed by atoms with Crippen LogP contribution >= 0.6 is 0 Å². The van der Waals surface area contributed by atoms with Crippen molar-refractivity contribution >= 4 is 5.97 Å². The summed E-state index contributed by atoms with van der Waals surface area (Å²) in [4.78, 5) is 11.8. The van der Waals surface area contributed by atoms with Gasteiger partial charge in [-0.2, -0.15) is 8.78 Å². The van der Waals surface area contributed by atoms with Gasteiger partial charge in [0, 0.05) is 17.2 Å². The second-order valence-corrected chi connectivity index (χ2v) is 7.65. The summed E-state index contributed by atoms with van der Waals surface area (Å²) in [5.41, 5.74) is 8.90. The van der Waals surface area contributed by atoms with Crippen LogP contribution in [0.25, 0.3) is 11.1 Å². The molecule has 0 fully saturated rings. The number of ether oxygens (including phenoxy) is 1. The van der Waals surface area contributed by atoms with Crippen LogP contribution in [0.5, 0.6) is 0 Å². The lowest BCUT2D eigenvalue weighted by atomic mass is 9.88. The molecule has 2 aromatic rings. The van der Waals surface area contributed by atoms with Gasteiger partial charge < -0.3 is 10.5 Å². The van der Waals surface area contributed by atoms with Crippen molar-refractivity contribution in [2.75, 3.05) is 6.61 Å². The first-order valence-corrected chi connectivity index (χ1v) is 9.77. The standard InChI is InChI=1S/C24H28F3NO2/c1-7-30-21(29)12-20(28)19-11-17(8-16(6)23(19)25)22-14(4)9-18(10-15(22)5)24(26,27)13(2)3/h8-11,20H,2,7,12,28H2,1,3-6H3/t20-/m0/s1. The van der Waals surface area contributed by atoms with E-state index < -0.39 is 23.8 Å². The number of halogens is 3. The van der Waals surface area contributed by atoms with Crippen LogP contribution < -0.4 is 5.73 Å². The van der Waals surface area contributed by atoms with Gasteiger partial charge in [-0.05, 0) is 92.3 Å². The maximum atomic E-state index is 14.8. The van der Waals surface area contributed by atoms with Gasteiger partial charge in [0.2, 0.25) is 0 Å². The average molecular weight is 419 g/mol. The van der Waals surface area contributed by atoms with E-state index in [0.29, 0.717) is 22.3 Å². The first-order chi connectivity index (χ1) is 13.9. The molecule has 3 nitrogen and oxygen atoms in total. The van der Waals surface area contributed by atoms with Crippen LogP contribution in [-0.4, -0.2) is 12.6 Å². The first kappa shape index (κ1) is 23.7. The summed E-state index contributed by atoms with van der Waals surface area (Å²) in [5, 5.41) is 0. The SMILES string of the molecule is C=C(C)C(F)(F)c1cc(C)c(-c2cc(C)c(F)c([C@@H](N)CC(=O)OCC)c2)c(C)c1. The monoisotopic (exact) mass is 419 g/mol. The smallest absolute Gasteiger partial charge is 0.307 e. The number of hydrogen-bond donors (Lipinski definition) is 1. The fraction of sp³-hybridized carbons (Fsp3) is 0.375. The number of benzene rings is 2. The highest BCUT2D eigenvalue weighted by atomic mass is 19.3. The second kappa shape index (κ2) is 9.04. The molecule has 0 spiro atoms. The van der Waals surface area contributed by atoms with Crippen LogP contribution in [-0.2, 0) is 15.5 Å². The molecule has 0 aromatic heterocycles. The molecule has 1 atom stereocenters. The molecule has 0 unspecified atom stereocenters. The summed E-state index contributed by atoms with van der Waals surface area (Å²) in [7, 11) is 0. The Balaban J connectivity index is 2.56. The third kappa shape index (κ3) is 4.75. The molecule has 2 rings (SSSR count). The molecule has 2 N–H and O–H groups in total. The van der Waals surface area contributed by atoms with Crippen LogP contribution in [0, 0.1) is 26.6 Å². The minimum atomic E-state index is -3.14. The maximum absolute atomic E-state index is 14.8. The highest BCUT2D eigenvalue weighted by molar-refractivity contribution is 5.74. The second-order valence-electron chi connectivity index (χ2n) is 7.65. The van der Waals surface area contributed by atoms with Gasteiger partial charge in [-0.1, -0.05) is 6.58 Å². The zero-order valence-corrected chi connectivity index (χ0v) is 18.0. The Bertz CT molecular complexity index is 960. The molecule has 0 heterocycles. The molecular formula is C24H28F3NO2. The quantitative estimate of drug-likeness (QED) is 0.440. The summed E-state index contributed by atoms with van der Waals surface area (Å²) >= 11 is 0. The summed E-state index contributed by atoms with van der Waals surface area (Å²) in [6, 6.07) is 5.21. The third-order valence-electron chi connectivity index (χ3n) is 5.09. The van der Waals surface area contributed by atoms with Crippen molar-refractivity contribution in [2.24, 2.45) is 5.73 Å². The topological polar surface area (TPSA) is 52.3 Å². The minimum Gasteiger partial charge on any atom is -0.466 e. The molecule has 0 aliphatic heterocycles. The van der Waals surface area contributed by atoms with Crippen LogP contribution in [0.3, 0.4) is 0 Å². The molecule has 30 heavy (non-hydrogen) atoms. The first-order valence-electron chi connectivity index (χ1n) is 9.77. The van der Waals surface area contributed by atoms with E-state index in [1.54, 1.807) is 39.8 Å². The fourth-order valence-electron chi connectivity index (χ4n) is 3.57. The van der Waals surface area contributed by atoms with E-state index in [-0.39, 0.29) is 29.7 Å². The van der Waals surface area contributed by atoms with Gasteiger partial charge in [-0.15, -0.1) is 0 Å². The van der Waals surface area contributed by atoms with Crippen LogP contribution in [0.4, 0.5) is 13.2 Å². The molecule has 0 bridgehead atoms. The summed E-state index contributed by atoms with van der Waals surface area (Å²) in [5.74, 6) is -4.14. The predicted molar refractivity (Wildman–Crippen MR) is 113 cm³/mol. The van der Waals surface area contributed by atoms with Crippen molar-refractivity contribution in [3.63, 3.8) is 0 Å². The Morgan fingerprint density at radius 2 is 1.70 bits per heavy atom. The maximum Gasteiger partial charge on any atom is 0.307 e. The molecule has 0 aliphatic carbocycles. The normalized spacial score (nSPS) is 12.6. The lowest BCUT2D eigenvalue weighted by Gasteiger charge is -2.21. The Morgan fingerprint density at radius 1 is 1.13 bits per heavy atom. The van der Waals surface area contributed by atoms with Crippen LogP contribution in [0.1, 0.15) is 54.1 Å². The van der Waals surface area contributed by atoms with Gasteiger partial charge in [0.05, 0.1) is 13.0 Å². The zero-order valence-electron chi connectivity index (χ0n) is 18.0.